The van der Waals surface area contributed by atoms with Gasteiger partial charge in [-0.25, -0.2) is 0 Å². The molecule has 0 spiro atoms. The first kappa shape index (κ1) is 9.61. The number of aliphatic hydroxyl groups is 1. The summed E-state index contributed by atoms with van der Waals surface area (Å²) in [5.41, 5.74) is 0.623. The van der Waals surface area contributed by atoms with E-state index >= 15 is 0 Å². The Morgan fingerprint density at radius 3 is 3.21 bits per heavy atom. The molecule has 1 unspecified atom stereocenters. The highest BCUT2D eigenvalue weighted by atomic mass is 16.5. The fraction of sp³-hybridized carbons (Fsp3) is 0.778. The molecule has 5 heteroatoms. The van der Waals surface area contributed by atoms with Gasteiger partial charge in [0.25, 0.3) is 0 Å². The van der Waals surface area contributed by atoms with Crippen LogP contribution in [0.5, 0.6) is 0 Å². The summed E-state index contributed by atoms with van der Waals surface area (Å²) in [6.07, 6.45) is 5.46. The van der Waals surface area contributed by atoms with Gasteiger partial charge in [-0.1, -0.05) is 5.21 Å². The van der Waals surface area contributed by atoms with E-state index in [1.165, 1.54) is 6.42 Å². The van der Waals surface area contributed by atoms with Crippen LogP contribution >= 0.6 is 0 Å². The average Bonchev–Trinajstić information content (AvgIpc) is 2.86. The van der Waals surface area contributed by atoms with Crippen molar-refractivity contribution < 1.29 is 9.84 Å². The van der Waals surface area contributed by atoms with Crippen molar-refractivity contribution in [3.8, 4) is 0 Å². The molecule has 1 aromatic heterocycles. The van der Waals surface area contributed by atoms with Gasteiger partial charge in [0.05, 0.1) is 18.9 Å². The summed E-state index contributed by atoms with van der Waals surface area (Å²) in [5, 5.41) is 16.5. The molecule has 0 radical (unpaired) electrons. The van der Waals surface area contributed by atoms with Gasteiger partial charge in [0.15, 0.2) is 0 Å². The van der Waals surface area contributed by atoms with E-state index in [2.05, 4.69) is 10.3 Å². The molecule has 0 amide bonds. The molecule has 1 aliphatic rings. The molecule has 0 aliphatic carbocycles. The molecule has 0 bridgehead atoms. The fourth-order valence-corrected chi connectivity index (χ4v) is 1.67. The zero-order valence-corrected chi connectivity index (χ0v) is 8.09. The van der Waals surface area contributed by atoms with Crippen LogP contribution in [-0.2, 0) is 17.9 Å². The van der Waals surface area contributed by atoms with Crippen LogP contribution in [0.1, 0.15) is 25.0 Å². The summed E-state index contributed by atoms with van der Waals surface area (Å²) < 4.78 is 7.25. The lowest BCUT2D eigenvalue weighted by Crippen LogP contribution is -2.10. The minimum Gasteiger partial charge on any atom is -0.390 e. The quantitative estimate of drug-likeness (QED) is 0.756. The smallest absolute Gasteiger partial charge is 0.108 e. The normalized spacial score (nSPS) is 21.6. The Labute approximate surface area is 82.7 Å². The standard InChI is InChI=1S/C9H15N3O2/c13-7-8-6-12(11-10-8)4-3-9-2-1-5-14-9/h6,9,13H,1-5,7H2. The van der Waals surface area contributed by atoms with Gasteiger partial charge >= 0.3 is 0 Å². The molecule has 1 aromatic rings. The van der Waals surface area contributed by atoms with Crippen LogP contribution in [0.15, 0.2) is 6.20 Å². The van der Waals surface area contributed by atoms with Crippen molar-refractivity contribution in [2.45, 2.75) is 38.5 Å². The van der Waals surface area contributed by atoms with Crippen molar-refractivity contribution in [2.24, 2.45) is 0 Å². The van der Waals surface area contributed by atoms with Gasteiger partial charge in [0.2, 0.25) is 0 Å². The summed E-state index contributed by atoms with van der Waals surface area (Å²) in [4.78, 5) is 0. The van der Waals surface area contributed by atoms with Crippen molar-refractivity contribution in [2.75, 3.05) is 6.61 Å². The lowest BCUT2D eigenvalue weighted by molar-refractivity contribution is 0.0993. The Hall–Kier alpha value is -0.940. The van der Waals surface area contributed by atoms with Crippen LogP contribution in [0.25, 0.3) is 0 Å². The van der Waals surface area contributed by atoms with E-state index in [0.29, 0.717) is 11.8 Å². The molecule has 1 atom stereocenters. The van der Waals surface area contributed by atoms with Gasteiger partial charge < -0.3 is 9.84 Å². The van der Waals surface area contributed by atoms with Crippen molar-refractivity contribution in [1.82, 2.24) is 15.0 Å². The summed E-state index contributed by atoms with van der Waals surface area (Å²) in [6, 6.07) is 0. The monoisotopic (exact) mass is 197 g/mol. The molecule has 1 aliphatic heterocycles. The predicted molar refractivity (Wildman–Crippen MR) is 49.5 cm³/mol. The molecule has 2 rings (SSSR count). The Morgan fingerprint density at radius 2 is 2.57 bits per heavy atom. The van der Waals surface area contributed by atoms with Crippen LogP contribution in [0.2, 0.25) is 0 Å². The summed E-state index contributed by atoms with van der Waals surface area (Å²) in [5.74, 6) is 0. The van der Waals surface area contributed by atoms with Gasteiger partial charge in [0.1, 0.15) is 5.69 Å². The summed E-state index contributed by atoms with van der Waals surface area (Å²) >= 11 is 0. The second kappa shape index (κ2) is 4.52. The second-order valence-electron chi connectivity index (χ2n) is 3.55. The predicted octanol–water partition coefficient (Wildman–Crippen LogP) is 0.339. The average molecular weight is 197 g/mol. The number of ether oxygens (including phenoxy) is 1. The van der Waals surface area contributed by atoms with Crippen LogP contribution in [0.3, 0.4) is 0 Å². The zero-order chi connectivity index (χ0) is 9.80. The number of aliphatic hydroxyl groups excluding tert-OH is 1. The topological polar surface area (TPSA) is 60.2 Å². The molecular formula is C9H15N3O2. The van der Waals surface area contributed by atoms with Crippen molar-refractivity contribution in [3.63, 3.8) is 0 Å². The molecule has 5 nitrogen and oxygen atoms in total. The maximum absolute atomic E-state index is 8.79. The lowest BCUT2D eigenvalue weighted by atomic mass is 10.2. The highest BCUT2D eigenvalue weighted by molar-refractivity contribution is 4.88. The SMILES string of the molecule is OCc1cn(CCC2CCCO2)nn1. The fourth-order valence-electron chi connectivity index (χ4n) is 1.67. The minimum absolute atomic E-state index is 0.0417. The van der Waals surface area contributed by atoms with Gasteiger partial charge in [-0.3, -0.25) is 4.68 Å². The number of aromatic nitrogens is 3. The largest absolute Gasteiger partial charge is 0.390 e. The zero-order valence-electron chi connectivity index (χ0n) is 8.09. The maximum atomic E-state index is 8.79. The van der Waals surface area contributed by atoms with Gasteiger partial charge in [-0.05, 0) is 19.3 Å². The van der Waals surface area contributed by atoms with Gasteiger partial charge in [-0.2, -0.15) is 0 Å². The van der Waals surface area contributed by atoms with E-state index in [1.54, 1.807) is 10.9 Å². The van der Waals surface area contributed by atoms with Crippen LogP contribution in [-0.4, -0.2) is 32.8 Å². The Morgan fingerprint density at radius 1 is 1.64 bits per heavy atom. The number of aryl methyl sites for hydroxylation is 1. The first-order valence-electron chi connectivity index (χ1n) is 5.00. The number of hydrogen-bond donors (Lipinski definition) is 1. The third-order valence-corrected chi connectivity index (χ3v) is 2.45. The third-order valence-electron chi connectivity index (χ3n) is 2.45. The highest BCUT2D eigenvalue weighted by Gasteiger charge is 2.15. The van der Waals surface area contributed by atoms with E-state index in [1.807, 2.05) is 0 Å². The number of hydrogen-bond acceptors (Lipinski definition) is 4. The maximum Gasteiger partial charge on any atom is 0.108 e. The Bertz CT molecular complexity index is 281. The van der Waals surface area contributed by atoms with E-state index in [0.717, 1.165) is 26.0 Å². The summed E-state index contributed by atoms with van der Waals surface area (Å²) in [6.45, 7) is 1.67. The van der Waals surface area contributed by atoms with Crippen molar-refractivity contribution in [3.05, 3.63) is 11.9 Å². The lowest BCUT2D eigenvalue weighted by Gasteiger charge is -2.07. The number of rotatable bonds is 4. The third kappa shape index (κ3) is 2.30. The van der Waals surface area contributed by atoms with E-state index in [-0.39, 0.29) is 6.61 Å². The molecule has 14 heavy (non-hydrogen) atoms. The van der Waals surface area contributed by atoms with Crippen LogP contribution < -0.4 is 0 Å². The number of nitrogens with zero attached hydrogens (tertiary/aromatic N) is 3. The second-order valence-corrected chi connectivity index (χ2v) is 3.55. The molecule has 1 N–H and O–H groups in total. The Kier molecular flexibility index (Phi) is 3.10. The van der Waals surface area contributed by atoms with E-state index in [4.69, 9.17) is 9.84 Å². The van der Waals surface area contributed by atoms with Crippen LogP contribution in [0.4, 0.5) is 0 Å². The van der Waals surface area contributed by atoms with Gasteiger partial charge in [0, 0.05) is 13.2 Å². The molecule has 0 aromatic carbocycles. The minimum atomic E-state index is -0.0417. The molecular weight excluding hydrogens is 182 g/mol. The molecule has 2 heterocycles. The van der Waals surface area contributed by atoms with Crippen molar-refractivity contribution in [1.29, 1.82) is 0 Å². The van der Waals surface area contributed by atoms with Crippen molar-refractivity contribution >= 4 is 0 Å². The highest BCUT2D eigenvalue weighted by Crippen LogP contribution is 2.15. The Balaban J connectivity index is 1.79. The summed E-state index contributed by atoms with van der Waals surface area (Å²) in [7, 11) is 0. The molecule has 0 saturated carbocycles. The first-order chi connectivity index (χ1) is 6.88. The van der Waals surface area contributed by atoms with E-state index < -0.39 is 0 Å². The molecule has 78 valence electrons. The first-order valence-corrected chi connectivity index (χ1v) is 5.00. The molecule has 1 fully saturated rings. The molecule has 1 saturated heterocycles. The van der Waals surface area contributed by atoms with Gasteiger partial charge in [-0.15, -0.1) is 5.10 Å². The van der Waals surface area contributed by atoms with Crippen LogP contribution in [0, 0.1) is 0 Å². The van der Waals surface area contributed by atoms with E-state index in [9.17, 15) is 0 Å².